The van der Waals surface area contributed by atoms with Gasteiger partial charge in [-0.1, -0.05) is 45.5 Å². The van der Waals surface area contributed by atoms with Gasteiger partial charge in [-0.25, -0.2) is 0 Å². The summed E-state index contributed by atoms with van der Waals surface area (Å²) in [7, 11) is -2.28. The van der Waals surface area contributed by atoms with Crippen LogP contribution in [0.5, 0.6) is 0 Å². The fourth-order valence-electron chi connectivity index (χ4n) is 1.69. The van der Waals surface area contributed by atoms with E-state index in [-0.39, 0.29) is 0 Å². The third-order valence-corrected chi connectivity index (χ3v) is 8.64. The SMILES string of the molecule is C=C(C(F)(F)F)[Si](CC)(CC)CC. The number of halogens is 3. The lowest BCUT2D eigenvalue weighted by Gasteiger charge is -2.31. The fourth-order valence-corrected chi connectivity index (χ4v) is 5.07. The maximum Gasteiger partial charge on any atom is 0.408 e. The van der Waals surface area contributed by atoms with Crippen molar-refractivity contribution < 1.29 is 13.2 Å². The Morgan fingerprint density at radius 1 is 1.08 bits per heavy atom. The highest BCUT2D eigenvalue weighted by atomic mass is 28.3. The molecule has 0 spiro atoms. The van der Waals surface area contributed by atoms with Crippen LogP contribution in [0.3, 0.4) is 0 Å². The zero-order valence-corrected chi connectivity index (χ0v) is 9.46. The quantitative estimate of drug-likeness (QED) is 0.611. The zero-order valence-electron chi connectivity index (χ0n) is 8.46. The second-order valence-corrected chi connectivity index (χ2v) is 8.60. The molecule has 0 aromatic carbocycles. The lowest BCUT2D eigenvalue weighted by atomic mass is 10.6. The molecule has 0 saturated carbocycles. The minimum Gasteiger partial charge on any atom is -0.167 e. The Morgan fingerprint density at radius 2 is 1.38 bits per heavy atom. The van der Waals surface area contributed by atoms with E-state index in [0.717, 1.165) is 0 Å². The molecule has 0 bridgehead atoms. The average Bonchev–Trinajstić information content (AvgIpc) is 2.07. The highest BCUT2D eigenvalue weighted by Crippen LogP contribution is 2.37. The number of rotatable bonds is 4. The van der Waals surface area contributed by atoms with Crippen molar-refractivity contribution in [2.45, 2.75) is 45.1 Å². The maximum absolute atomic E-state index is 12.4. The first kappa shape index (κ1) is 12.7. The Balaban J connectivity index is 4.85. The van der Waals surface area contributed by atoms with Gasteiger partial charge in [-0.05, 0) is 0 Å². The first-order chi connectivity index (χ1) is 5.84. The number of alkyl halides is 3. The van der Waals surface area contributed by atoms with E-state index in [1.807, 2.05) is 20.8 Å². The van der Waals surface area contributed by atoms with Crippen LogP contribution >= 0.6 is 0 Å². The Bertz CT molecular complexity index is 172. The van der Waals surface area contributed by atoms with E-state index in [9.17, 15) is 13.2 Å². The van der Waals surface area contributed by atoms with Gasteiger partial charge in [0.1, 0.15) is 0 Å². The molecule has 0 aliphatic rings. The molecular formula is C9H17F3Si. The van der Waals surface area contributed by atoms with E-state index in [1.165, 1.54) is 0 Å². The molecule has 0 aromatic rings. The van der Waals surface area contributed by atoms with Crippen LogP contribution in [0.25, 0.3) is 0 Å². The minimum atomic E-state index is -4.19. The largest absolute Gasteiger partial charge is 0.408 e. The molecule has 0 N–H and O–H groups in total. The van der Waals surface area contributed by atoms with Crippen molar-refractivity contribution in [1.82, 2.24) is 0 Å². The molecule has 78 valence electrons. The van der Waals surface area contributed by atoms with Gasteiger partial charge in [0.2, 0.25) is 0 Å². The predicted octanol–water partition coefficient (Wildman–Crippen LogP) is 4.15. The van der Waals surface area contributed by atoms with Gasteiger partial charge in [0.05, 0.1) is 8.07 Å². The van der Waals surface area contributed by atoms with Gasteiger partial charge in [0, 0.05) is 5.20 Å². The Kier molecular flexibility index (Phi) is 4.22. The maximum atomic E-state index is 12.4. The molecule has 4 heteroatoms. The standard InChI is InChI=1S/C9H17F3Si/c1-5-13(6-2,7-3)8(4)9(10,11)12/h4-7H2,1-3H3. The second kappa shape index (κ2) is 4.31. The van der Waals surface area contributed by atoms with Gasteiger partial charge in [-0.15, -0.1) is 0 Å². The van der Waals surface area contributed by atoms with Crippen LogP contribution in [0.1, 0.15) is 20.8 Å². The molecule has 0 heterocycles. The second-order valence-electron chi connectivity index (χ2n) is 3.32. The summed E-state index contributed by atoms with van der Waals surface area (Å²) in [5.74, 6) is 0. The molecule has 0 rings (SSSR count). The van der Waals surface area contributed by atoms with Crippen molar-refractivity contribution in [2.24, 2.45) is 0 Å². The van der Waals surface area contributed by atoms with Crippen LogP contribution in [0.2, 0.25) is 18.1 Å². The lowest BCUT2D eigenvalue weighted by Crippen LogP contribution is -2.40. The molecule has 0 atom stereocenters. The first-order valence-electron chi connectivity index (χ1n) is 4.60. The van der Waals surface area contributed by atoms with Gasteiger partial charge >= 0.3 is 6.18 Å². The summed E-state index contributed by atoms with van der Waals surface area (Å²) in [5, 5.41) is -0.438. The predicted molar refractivity (Wildman–Crippen MR) is 52.4 cm³/mol. The average molecular weight is 210 g/mol. The minimum absolute atomic E-state index is 0.438. The summed E-state index contributed by atoms with van der Waals surface area (Å²) in [5.41, 5.74) is 0. The molecule has 0 amide bonds. The topological polar surface area (TPSA) is 0 Å². The van der Waals surface area contributed by atoms with E-state index in [1.54, 1.807) is 0 Å². The van der Waals surface area contributed by atoms with E-state index < -0.39 is 19.4 Å². The van der Waals surface area contributed by atoms with Crippen molar-refractivity contribution in [2.75, 3.05) is 0 Å². The highest BCUT2D eigenvalue weighted by molar-refractivity contribution is 6.86. The van der Waals surface area contributed by atoms with Gasteiger partial charge < -0.3 is 0 Å². The summed E-state index contributed by atoms with van der Waals surface area (Å²) in [4.78, 5) is 0. The van der Waals surface area contributed by atoms with E-state index in [0.29, 0.717) is 18.1 Å². The summed E-state index contributed by atoms with van der Waals surface area (Å²) < 4.78 is 37.3. The number of allylic oxidation sites excluding steroid dienone is 1. The summed E-state index contributed by atoms with van der Waals surface area (Å²) in [6, 6.07) is 1.91. The highest BCUT2D eigenvalue weighted by Gasteiger charge is 2.45. The van der Waals surface area contributed by atoms with E-state index >= 15 is 0 Å². The number of hydrogen-bond acceptors (Lipinski definition) is 0. The van der Waals surface area contributed by atoms with Gasteiger partial charge in [0.25, 0.3) is 0 Å². The van der Waals surface area contributed by atoms with Crippen LogP contribution in [0.4, 0.5) is 13.2 Å². The Hall–Kier alpha value is -0.253. The zero-order chi connectivity index (χ0) is 10.7. The first-order valence-corrected chi connectivity index (χ1v) is 7.22. The van der Waals surface area contributed by atoms with Crippen molar-refractivity contribution in [3.8, 4) is 0 Å². The lowest BCUT2D eigenvalue weighted by molar-refractivity contribution is -0.0855. The molecule has 0 nitrogen and oxygen atoms in total. The summed E-state index contributed by atoms with van der Waals surface area (Å²) in [6.07, 6.45) is -4.19. The van der Waals surface area contributed by atoms with Gasteiger partial charge in [0.15, 0.2) is 0 Å². The molecule has 0 unspecified atom stereocenters. The third kappa shape index (κ3) is 2.59. The van der Waals surface area contributed by atoms with Crippen molar-refractivity contribution in [1.29, 1.82) is 0 Å². The third-order valence-electron chi connectivity index (χ3n) is 3.01. The van der Waals surface area contributed by atoms with E-state index in [2.05, 4.69) is 6.58 Å². The van der Waals surface area contributed by atoms with Crippen LogP contribution in [-0.4, -0.2) is 14.3 Å². The number of hydrogen-bond donors (Lipinski definition) is 0. The summed E-state index contributed by atoms with van der Waals surface area (Å²) in [6.45, 7) is 8.78. The Labute approximate surface area is 78.8 Å². The monoisotopic (exact) mass is 210 g/mol. The van der Waals surface area contributed by atoms with Crippen LogP contribution in [0, 0.1) is 0 Å². The van der Waals surface area contributed by atoms with Crippen LogP contribution in [-0.2, 0) is 0 Å². The fraction of sp³-hybridized carbons (Fsp3) is 0.778. The Morgan fingerprint density at radius 3 is 1.46 bits per heavy atom. The molecule has 0 saturated heterocycles. The van der Waals surface area contributed by atoms with E-state index in [4.69, 9.17) is 0 Å². The van der Waals surface area contributed by atoms with Crippen molar-refractivity contribution in [3.63, 3.8) is 0 Å². The van der Waals surface area contributed by atoms with Gasteiger partial charge in [-0.2, -0.15) is 13.2 Å². The molecular weight excluding hydrogens is 193 g/mol. The molecule has 0 radical (unpaired) electrons. The smallest absolute Gasteiger partial charge is 0.167 e. The summed E-state index contributed by atoms with van der Waals surface area (Å²) >= 11 is 0. The van der Waals surface area contributed by atoms with Crippen molar-refractivity contribution >= 4 is 8.07 Å². The van der Waals surface area contributed by atoms with Crippen LogP contribution in [0.15, 0.2) is 11.8 Å². The molecule has 0 aromatic heterocycles. The molecule has 0 aliphatic heterocycles. The van der Waals surface area contributed by atoms with Crippen LogP contribution < -0.4 is 0 Å². The molecule has 0 fully saturated rings. The molecule has 13 heavy (non-hydrogen) atoms. The van der Waals surface area contributed by atoms with Crippen molar-refractivity contribution in [3.05, 3.63) is 11.8 Å². The van der Waals surface area contributed by atoms with Gasteiger partial charge in [-0.3, -0.25) is 0 Å². The normalized spacial score (nSPS) is 13.1. The molecule has 0 aliphatic carbocycles.